The molecule has 0 aliphatic heterocycles. The number of aliphatic carboxylic acids is 1. The predicted octanol–water partition coefficient (Wildman–Crippen LogP) is 4.28. The summed E-state index contributed by atoms with van der Waals surface area (Å²) in [6.45, 7) is 0. The van der Waals surface area contributed by atoms with E-state index < -0.39 is 21.6 Å². The van der Waals surface area contributed by atoms with Gasteiger partial charge in [-0.15, -0.1) is 11.8 Å². The van der Waals surface area contributed by atoms with Crippen LogP contribution in [0, 0.1) is 0 Å². The lowest BCUT2D eigenvalue weighted by atomic mass is 10.1. The van der Waals surface area contributed by atoms with Gasteiger partial charge in [0.15, 0.2) is 9.84 Å². The number of carboxylic acid groups (broad SMARTS) is 1. The lowest BCUT2D eigenvalue weighted by molar-refractivity contribution is -0.136. The van der Waals surface area contributed by atoms with Crippen molar-refractivity contribution in [3.05, 3.63) is 52.0 Å². The number of carboxylic acids is 1. The van der Waals surface area contributed by atoms with Crippen molar-refractivity contribution < 1.29 is 23.4 Å². The number of thioether (sulfide) groups is 1. The molecule has 5 nitrogen and oxygen atoms in total. The average Bonchev–Trinajstić information content (AvgIpc) is 2.57. The first kappa shape index (κ1) is 20.9. The third-order valence-electron chi connectivity index (χ3n) is 3.51. The zero-order valence-corrected chi connectivity index (χ0v) is 16.6. The van der Waals surface area contributed by atoms with Crippen LogP contribution in [-0.4, -0.2) is 36.1 Å². The quantitative estimate of drug-likeness (QED) is 0.602. The molecule has 0 aliphatic carbocycles. The molecule has 2 rings (SSSR count). The van der Waals surface area contributed by atoms with Crippen LogP contribution < -0.4 is 0 Å². The molecule has 140 valence electrons. The van der Waals surface area contributed by atoms with Gasteiger partial charge < -0.3 is 10.2 Å². The SMILES string of the molecule is O=C(O)CCc1ccc(SCCS(=O)(=O)c2cc(Cl)c(Cl)cc2O)cc1. The summed E-state index contributed by atoms with van der Waals surface area (Å²) < 4.78 is 24.8. The van der Waals surface area contributed by atoms with E-state index >= 15 is 0 Å². The number of hydrogen-bond donors (Lipinski definition) is 2. The van der Waals surface area contributed by atoms with Gasteiger partial charge >= 0.3 is 5.97 Å². The Balaban J connectivity index is 1.96. The molecule has 0 unspecified atom stereocenters. The van der Waals surface area contributed by atoms with Gasteiger partial charge in [-0.25, -0.2) is 8.42 Å². The number of aromatic hydroxyl groups is 1. The Hall–Kier alpha value is -1.41. The average molecular weight is 435 g/mol. The van der Waals surface area contributed by atoms with Crippen LogP contribution in [0.2, 0.25) is 10.0 Å². The first-order chi connectivity index (χ1) is 12.2. The molecule has 0 amide bonds. The Bertz CT molecular complexity index is 896. The van der Waals surface area contributed by atoms with Crippen molar-refractivity contribution in [2.45, 2.75) is 22.6 Å². The second-order valence-electron chi connectivity index (χ2n) is 5.44. The zero-order chi connectivity index (χ0) is 19.3. The summed E-state index contributed by atoms with van der Waals surface area (Å²) in [5.74, 6) is -1.16. The van der Waals surface area contributed by atoms with Crippen molar-refractivity contribution in [3.8, 4) is 5.75 Å². The van der Waals surface area contributed by atoms with Crippen molar-refractivity contribution in [3.63, 3.8) is 0 Å². The summed E-state index contributed by atoms with van der Waals surface area (Å²) in [4.78, 5) is 11.2. The number of rotatable bonds is 8. The van der Waals surface area contributed by atoms with Crippen LogP contribution in [-0.2, 0) is 21.1 Å². The van der Waals surface area contributed by atoms with Crippen LogP contribution in [0.15, 0.2) is 46.2 Å². The maximum absolute atomic E-state index is 12.4. The molecule has 0 aromatic heterocycles. The summed E-state index contributed by atoms with van der Waals surface area (Å²) in [6, 6.07) is 9.56. The topological polar surface area (TPSA) is 91.7 Å². The lowest BCUT2D eigenvalue weighted by Crippen LogP contribution is -2.09. The highest BCUT2D eigenvalue weighted by Crippen LogP contribution is 2.33. The van der Waals surface area contributed by atoms with E-state index in [9.17, 15) is 18.3 Å². The molecule has 2 aromatic carbocycles. The Kier molecular flexibility index (Phi) is 7.23. The second kappa shape index (κ2) is 8.99. The minimum Gasteiger partial charge on any atom is -0.507 e. The molecule has 26 heavy (non-hydrogen) atoms. The monoisotopic (exact) mass is 434 g/mol. The van der Waals surface area contributed by atoms with E-state index in [2.05, 4.69) is 0 Å². The minimum atomic E-state index is -3.71. The molecule has 2 aromatic rings. The summed E-state index contributed by atoms with van der Waals surface area (Å²) in [5, 5.41) is 18.6. The highest BCUT2D eigenvalue weighted by Gasteiger charge is 2.20. The first-order valence-corrected chi connectivity index (χ1v) is 10.9. The number of benzene rings is 2. The number of phenols is 1. The molecule has 9 heteroatoms. The van der Waals surface area contributed by atoms with Crippen molar-refractivity contribution in [1.82, 2.24) is 0 Å². The molecule has 0 fully saturated rings. The number of carbonyl (C=O) groups is 1. The molecule has 0 bridgehead atoms. The summed E-state index contributed by atoms with van der Waals surface area (Å²) in [7, 11) is -3.71. The largest absolute Gasteiger partial charge is 0.507 e. The standard InChI is InChI=1S/C17H16Cl2O5S2/c18-13-9-15(20)16(10-14(13)19)26(23,24)8-7-25-12-4-1-11(2-5-12)3-6-17(21)22/h1-2,4-5,9-10,20H,3,6-8H2,(H,21,22). The van der Waals surface area contributed by atoms with Gasteiger partial charge in [0, 0.05) is 23.1 Å². The fraction of sp³-hybridized carbons (Fsp3) is 0.235. The van der Waals surface area contributed by atoms with Gasteiger partial charge in [-0.05, 0) is 30.2 Å². The minimum absolute atomic E-state index is 0.0626. The molecule has 0 heterocycles. The third-order valence-corrected chi connectivity index (χ3v) is 7.24. The highest BCUT2D eigenvalue weighted by molar-refractivity contribution is 8.00. The normalized spacial score (nSPS) is 11.5. The molecule has 0 spiro atoms. The second-order valence-corrected chi connectivity index (χ2v) is 9.50. The van der Waals surface area contributed by atoms with Crippen LogP contribution in [0.4, 0.5) is 0 Å². The van der Waals surface area contributed by atoms with Crippen LogP contribution in [0.25, 0.3) is 0 Å². The number of hydrogen-bond acceptors (Lipinski definition) is 5. The molecule has 0 aliphatic rings. The van der Waals surface area contributed by atoms with Gasteiger partial charge in [0.1, 0.15) is 10.6 Å². The Morgan fingerprint density at radius 3 is 2.31 bits per heavy atom. The smallest absolute Gasteiger partial charge is 0.303 e. The van der Waals surface area contributed by atoms with E-state index in [0.717, 1.165) is 22.6 Å². The zero-order valence-electron chi connectivity index (χ0n) is 13.5. The molecular weight excluding hydrogens is 419 g/mol. The van der Waals surface area contributed by atoms with E-state index in [1.807, 2.05) is 24.3 Å². The van der Waals surface area contributed by atoms with Gasteiger partial charge in [-0.2, -0.15) is 0 Å². The van der Waals surface area contributed by atoms with Gasteiger partial charge in [-0.1, -0.05) is 35.3 Å². The molecule has 0 saturated heterocycles. The van der Waals surface area contributed by atoms with Crippen LogP contribution in [0.5, 0.6) is 5.75 Å². The van der Waals surface area contributed by atoms with Gasteiger partial charge in [0.2, 0.25) is 0 Å². The van der Waals surface area contributed by atoms with E-state index in [4.69, 9.17) is 28.3 Å². The van der Waals surface area contributed by atoms with E-state index in [1.54, 1.807) is 0 Å². The predicted molar refractivity (Wildman–Crippen MR) is 103 cm³/mol. The highest BCUT2D eigenvalue weighted by atomic mass is 35.5. The summed E-state index contributed by atoms with van der Waals surface area (Å²) in [6.07, 6.45) is 0.517. The first-order valence-electron chi connectivity index (χ1n) is 7.53. The maximum Gasteiger partial charge on any atom is 0.303 e. The van der Waals surface area contributed by atoms with Crippen LogP contribution in [0.3, 0.4) is 0 Å². The number of halogens is 2. The fourth-order valence-corrected chi connectivity index (χ4v) is 5.21. The maximum atomic E-state index is 12.4. The Morgan fingerprint density at radius 2 is 1.69 bits per heavy atom. The van der Waals surface area contributed by atoms with Gasteiger partial charge in [0.25, 0.3) is 0 Å². The van der Waals surface area contributed by atoms with E-state index in [-0.39, 0.29) is 32.9 Å². The van der Waals surface area contributed by atoms with Gasteiger partial charge in [0.05, 0.1) is 15.8 Å². The molecule has 0 atom stereocenters. The Morgan fingerprint density at radius 1 is 1.08 bits per heavy atom. The van der Waals surface area contributed by atoms with Crippen molar-refractivity contribution in [2.24, 2.45) is 0 Å². The molecule has 2 N–H and O–H groups in total. The fourth-order valence-electron chi connectivity index (χ4n) is 2.15. The van der Waals surface area contributed by atoms with Gasteiger partial charge in [-0.3, -0.25) is 4.79 Å². The van der Waals surface area contributed by atoms with Crippen LogP contribution >= 0.6 is 35.0 Å². The van der Waals surface area contributed by atoms with Crippen molar-refractivity contribution in [1.29, 1.82) is 0 Å². The number of aryl methyl sites for hydroxylation is 1. The number of sulfone groups is 1. The number of phenolic OH excluding ortho intramolecular Hbond substituents is 1. The third kappa shape index (κ3) is 5.81. The van der Waals surface area contributed by atoms with E-state index in [0.29, 0.717) is 6.42 Å². The summed E-state index contributed by atoms with van der Waals surface area (Å²) in [5.41, 5.74) is 0.907. The Labute approximate surface area is 165 Å². The van der Waals surface area contributed by atoms with Crippen molar-refractivity contribution in [2.75, 3.05) is 11.5 Å². The molecular formula is C17H16Cl2O5S2. The molecule has 0 radical (unpaired) electrons. The lowest BCUT2D eigenvalue weighted by Gasteiger charge is -2.08. The molecule has 0 saturated carbocycles. The van der Waals surface area contributed by atoms with Crippen molar-refractivity contribution >= 4 is 50.8 Å². The van der Waals surface area contributed by atoms with E-state index in [1.165, 1.54) is 11.8 Å². The van der Waals surface area contributed by atoms with Crippen LogP contribution in [0.1, 0.15) is 12.0 Å². The summed E-state index contributed by atoms with van der Waals surface area (Å²) >= 11 is 12.9.